The van der Waals surface area contributed by atoms with Gasteiger partial charge in [0.2, 0.25) is 11.9 Å². The first-order chi connectivity index (χ1) is 34.7. The Kier molecular flexibility index (Phi) is 17.3. The number of phosphoric acid groups is 1. The summed E-state index contributed by atoms with van der Waals surface area (Å²) < 4.78 is 74.3. The number of hydrogen-bond acceptors (Lipinski definition) is 20. The second kappa shape index (κ2) is 23.1. The number of carbonyl (C=O) groups excluding carboxylic acids is 2. The van der Waals surface area contributed by atoms with E-state index in [4.69, 9.17) is 37.5 Å². The zero-order valence-corrected chi connectivity index (χ0v) is 43.5. The number of nitriles is 1. The molecular formula is C42H55N14O14P2Si+. The van der Waals surface area contributed by atoms with Gasteiger partial charge in [-0.25, -0.2) is 24.5 Å². The number of ether oxygens (including phenoxy) is 2. The molecule has 2 unspecified atom stereocenters. The molecule has 0 saturated carbocycles. The third kappa shape index (κ3) is 12.4. The number of carbonyl (C=O) groups is 2. The van der Waals surface area contributed by atoms with Crippen LogP contribution in [0.2, 0.25) is 18.1 Å². The molecule has 0 spiro atoms. The molecule has 390 valence electrons. The van der Waals surface area contributed by atoms with E-state index in [9.17, 15) is 34.2 Å². The van der Waals surface area contributed by atoms with E-state index in [-0.39, 0.29) is 53.5 Å². The van der Waals surface area contributed by atoms with Crippen LogP contribution in [-0.4, -0.2) is 126 Å². The summed E-state index contributed by atoms with van der Waals surface area (Å²) in [5.74, 6) is -2.52. The SMILES string of the molecule is CC(C)C(=O)Nc1nc2c(ncn2[C@@H]2O[C@H](CO)[C@@H](CCN=[N+]=[N-])[C@H]2OP(=O)(OCCC#N)OC[C@H]2O[C@@H](n3cnc4c(NC(=O)c5ccccc5)ncnc43)[C@H](O[Si](C)(C)C(C)(C)C)[C@@H]2O[P+](=O)O)c(=O)[nH]1. The summed E-state index contributed by atoms with van der Waals surface area (Å²) in [6, 6.07) is 10.3. The van der Waals surface area contributed by atoms with Gasteiger partial charge in [0.1, 0.15) is 24.6 Å². The van der Waals surface area contributed by atoms with Crippen LogP contribution in [0.4, 0.5) is 11.8 Å². The minimum atomic E-state index is -5.00. The summed E-state index contributed by atoms with van der Waals surface area (Å²) in [6.45, 7) is 11.1. The highest BCUT2D eigenvalue weighted by Gasteiger charge is 2.56. The summed E-state index contributed by atoms with van der Waals surface area (Å²) in [6.07, 6.45) is -5.84. The van der Waals surface area contributed by atoms with Crippen molar-refractivity contribution in [1.82, 2.24) is 39.0 Å². The normalized spacial score (nSPS) is 23.3. The Hall–Kier alpha value is -5.95. The second-order valence-electron chi connectivity index (χ2n) is 18.7. The number of aromatic nitrogens is 8. The molecule has 73 heavy (non-hydrogen) atoms. The third-order valence-electron chi connectivity index (χ3n) is 12.5. The van der Waals surface area contributed by atoms with E-state index in [1.54, 1.807) is 44.2 Å². The topological polar surface area (TPSA) is 377 Å². The molecule has 2 aliphatic rings. The summed E-state index contributed by atoms with van der Waals surface area (Å²) >= 11 is 0. The fourth-order valence-corrected chi connectivity index (χ4v) is 10.9. The number of nitrogens with zero attached hydrogens (tertiary/aromatic N) is 11. The first-order valence-electron chi connectivity index (χ1n) is 22.9. The average Bonchev–Trinajstić information content (AvgIpc) is 4.12. The molecule has 0 radical (unpaired) electrons. The quantitative estimate of drug-likeness (QED) is 0.0137. The Morgan fingerprint density at radius 2 is 1.71 bits per heavy atom. The van der Waals surface area contributed by atoms with Crippen molar-refractivity contribution in [1.29, 1.82) is 5.26 Å². The third-order valence-corrected chi connectivity index (χ3v) is 18.9. The first kappa shape index (κ1) is 54.8. The molecule has 10 atom stereocenters. The molecule has 6 heterocycles. The molecule has 4 aromatic heterocycles. The molecule has 0 bridgehead atoms. The molecule has 5 aromatic rings. The predicted molar refractivity (Wildman–Crippen MR) is 260 cm³/mol. The van der Waals surface area contributed by atoms with Crippen molar-refractivity contribution in [3.8, 4) is 6.07 Å². The monoisotopic (exact) mass is 1070 g/mol. The Balaban J connectivity index is 1.26. The minimum Gasteiger partial charge on any atom is -0.406 e. The van der Waals surface area contributed by atoms with Gasteiger partial charge in [-0.15, -0.1) is 9.42 Å². The van der Waals surface area contributed by atoms with Crippen LogP contribution in [0.1, 0.15) is 70.3 Å². The number of H-pyrrole nitrogens is 1. The van der Waals surface area contributed by atoms with Gasteiger partial charge in [-0.1, -0.05) is 57.9 Å². The van der Waals surface area contributed by atoms with Gasteiger partial charge >= 0.3 is 16.1 Å². The van der Waals surface area contributed by atoms with Gasteiger partial charge in [-0.2, -0.15) is 10.2 Å². The van der Waals surface area contributed by atoms with Crippen LogP contribution in [0.5, 0.6) is 0 Å². The zero-order valence-electron chi connectivity index (χ0n) is 40.7. The number of rotatable bonds is 22. The number of nitrogens with one attached hydrogen (secondary N) is 3. The molecule has 0 aliphatic carbocycles. The number of anilines is 2. The van der Waals surface area contributed by atoms with E-state index < -0.39 is 121 Å². The molecule has 2 fully saturated rings. The second-order valence-corrected chi connectivity index (χ2v) is 25.7. The molecule has 2 aliphatic heterocycles. The van der Waals surface area contributed by atoms with Crippen molar-refractivity contribution in [2.24, 2.45) is 17.0 Å². The van der Waals surface area contributed by atoms with Gasteiger partial charge in [-0.3, -0.25) is 47.4 Å². The van der Waals surface area contributed by atoms with Crippen LogP contribution >= 0.6 is 16.1 Å². The largest absolute Gasteiger partial charge is 0.695 e. The van der Waals surface area contributed by atoms with Crippen LogP contribution in [0.15, 0.2) is 59.2 Å². The summed E-state index contributed by atoms with van der Waals surface area (Å²) in [7, 11) is -11.2. The van der Waals surface area contributed by atoms with Gasteiger partial charge < -0.3 is 24.3 Å². The van der Waals surface area contributed by atoms with Gasteiger partial charge in [0.15, 0.2) is 55.0 Å². The number of aliphatic hydroxyl groups is 1. The van der Waals surface area contributed by atoms with Crippen molar-refractivity contribution in [3.05, 3.63) is 75.7 Å². The Morgan fingerprint density at radius 1 is 1.03 bits per heavy atom. The maximum Gasteiger partial charge on any atom is 0.695 e. The van der Waals surface area contributed by atoms with Crippen molar-refractivity contribution in [2.75, 3.05) is 37.0 Å². The molecule has 31 heteroatoms. The van der Waals surface area contributed by atoms with Crippen molar-refractivity contribution in [3.63, 3.8) is 0 Å². The standard InChI is InChI=1S/C42H54N14O14P2Si/c1-23(2)36(58)52-41-51-35-29(38(60)53-41)48-22-56(35)39-30(25(14-16-49-54-44)26(18-57)66-39)69-72(63,64-17-11-15-43)65-19-27-31(68-71(61)62)32(70-73(6,7)42(3,4)5)40(67-27)55-21-47-28-33(45-20-46-34(28)55)50-37(59)24-12-9-8-10-13-24/h8-10,12-13,20-23,25-27,30-32,39-40,57H,11,14,16-19H2,1-7H3,(H3-,45,46,50,51,52,53,58,59,60,61,62)/p+1/t25-,26-,27-,30-,31-,32-,39-,40-,72?/m1/s1. The van der Waals surface area contributed by atoms with E-state index >= 15 is 4.57 Å². The summed E-state index contributed by atoms with van der Waals surface area (Å²) in [4.78, 5) is 76.5. The van der Waals surface area contributed by atoms with Crippen LogP contribution in [0.3, 0.4) is 0 Å². The minimum absolute atomic E-state index is 0.0234. The van der Waals surface area contributed by atoms with Crippen LogP contribution in [0, 0.1) is 23.2 Å². The van der Waals surface area contributed by atoms with Crippen molar-refractivity contribution < 1.29 is 60.7 Å². The summed E-state index contributed by atoms with van der Waals surface area (Å²) in [5, 5.41) is 28.6. The number of amides is 2. The highest BCUT2D eigenvalue weighted by atomic mass is 31.2. The highest BCUT2D eigenvalue weighted by Crippen LogP contribution is 2.56. The number of imidazole rings is 2. The van der Waals surface area contributed by atoms with Gasteiger partial charge in [0.25, 0.3) is 11.5 Å². The molecular weight excluding hydrogens is 1010 g/mol. The highest BCUT2D eigenvalue weighted by molar-refractivity contribution is 7.48. The Bertz CT molecular complexity index is 3010. The lowest BCUT2D eigenvalue weighted by Gasteiger charge is -2.40. The van der Waals surface area contributed by atoms with Crippen molar-refractivity contribution in [2.45, 2.75) is 109 Å². The summed E-state index contributed by atoms with van der Waals surface area (Å²) in [5.41, 5.74) is 8.79. The number of aliphatic hydroxyl groups excluding tert-OH is 1. The lowest BCUT2D eigenvalue weighted by atomic mass is 9.94. The predicted octanol–water partition coefficient (Wildman–Crippen LogP) is 5.78. The smallest absolute Gasteiger partial charge is 0.406 e. The van der Waals surface area contributed by atoms with E-state index in [0.717, 1.165) is 0 Å². The van der Waals surface area contributed by atoms with E-state index in [0.29, 0.717) is 5.56 Å². The number of fused-ring (bicyclic) bond motifs is 2. The van der Waals surface area contributed by atoms with E-state index in [1.807, 2.05) is 39.9 Å². The molecule has 5 N–H and O–H groups in total. The number of aromatic amines is 1. The maximum absolute atomic E-state index is 15.2. The number of hydrogen-bond donors (Lipinski definition) is 5. The zero-order chi connectivity index (χ0) is 52.8. The maximum atomic E-state index is 15.2. The Labute approximate surface area is 418 Å². The fraction of sp³-hybridized carbons (Fsp3) is 0.548. The fourth-order valence-electron chi connectivity index (χ4n) is 7.80. The van der Waals surface area contributed by atoms with Crippen LogP contribution in [-0.2, 0) is 45.9 Å². The first-order valence-corrected chi connectivity index (χ1v) is 28.4. The molecule has 28 nitrogen and oxygen atoms in total. The van der Waals surface area contributed by atoms with E-state index in [2.05, 4.69) is 50.6 Å². The van der Waals surface area contributed by atoms with Gasteiger partial charge in [0.05, 0.1) is 51.1 Å². The van der Waals surface area contributed by atoms with Crippen LogP contribution in [0.25, 0.3) is 32.8 Å². The molecule has 7 rings (SSSR count). The van der Waals surface area contributed by atoms with Gasteiger partial charge in [0, 0.05) is 33.4 Å². The van der Waals surface area contributed by atoms with E-state index in [1.165, 1.54) is 28.1 Å². The number of azide groups is 1. The molecule has 2 amide bonds. The number of benzene rings is 1. The molecule has 2 saturated heterocycles. The molecule has 1 aromatic carbocycles. The van der Waals surface area contributed by atoms with Crippen LogP contribution < -0.4 is 16.2 Å². The van der Waals surface area contributed by atoms with Gasteiger partial charge in [-0.05, 0) is 42.2 Å². The lowest BCUT2D eigenvalue weighted by Crippen LogP contribution is -2.49. The van der Waals surface area contributed by atoms with Crippen molar-refractivity contribution >= 4 is 70.3 Å². The Morgan fingerprint density at radius 3 is 2.37 bits per heavy atom. The average molecular weight is 1070 g/mol. The number of phosphoric ester groups is 1. The lowest BCUT2D eigenvalue weighted by molar-refractivity contribution is -0.118.